The van der Waals surface area contributed by atoms with Crippen molar-refractivity contribution in [1.82, 2.24) is 4.98 Å². The summed E-state index contributed by atoms with van der Waals surface area (Å²) in [4.78, 5) is 28.7. The van der Waals surface area contributed by atoms with Crippen LogP contribution in [0.3, 0.4) is 0 Å². The molecule has 1 aromatic heterocycles. The van der Waals surface area contributed by atoms with Crippen LogP contribution in [0.15, 0.2) is 88.1 Å². The molecular weight excluding hydrogens is 402 g/mol. The average molecular weight is 418 g/mol. The van der Waals surface area contributed by atoms with Crippen molar-refractivity contribution in [1.29, 1.82) is 0 Å². The van der Waals surface area contributed by atoms with E-state index in [9.17, 15) is 9.59 Å². The van der Waals surface area contributed by atoms with Crippen LogP contribution in [-0.2, 0) is 0 Å². The summed E-state index contributed by atoms with van der Waals surface area (Å²) in [5.74, 6) is 0.0822. The lowest BCUT2D eigenvalue weighted by atomic mass is 10.1. The Balaban J connectivity index is 1.58. The van der Waals surface area contributed by atoms with Crippen molar-refractivity contribution in [2.45, 2.75) is 6.92 Å². The van der Waals surface area contributed by atoms with E-state index in [-0.39, 0.29) is 5.89 Å². The van der Waals surface area contributed by atoms with Gasteiger partial charge in [0.1, 0.15) is 5.75 Å². The monoisotopic (exact) mass is 417 g/mol. The fourth-order valence-corrected chi connectivity index (χ4v) is 3.06. The Morgan fingerprint density at radius 2 is 1.67 bits per heavy atom. The third kappa shape index (κ3) is 4.31. The predicted molar refractivity (Wildman–Crippen MR) is 115 cm³/mol. The Morgan fingerprint density at radius 1 is 0.967 bits per heavy atom. The Morgan fingerprint density at radius 3 is 2.37 bits per heavy atom. The Bertz CT molecular complexity index is 1260. The number of carbonyl (C=O) groups is 1. The summed E-state index contributed by atoms with van der Waals surface area (Å²) < 4.78 is 10.6. The van der Waals surface area contributed by atoms with E-state index < -0.39 is 11.6 Å². The molecule has 0 aliphatic carbocycles. The number of rotatable bonds is 4. The van der Waals surface area contributed by atoms with Gasteiger partial charge < -0.3 is 9.15 Å². The third-order valence-corrected chi connectivity index (χ3v) is 4.76. The van der Waals surface area contributed by atoms with Crippen LogP contribution in [0.2, 0.25) is 5.02 Å². The summed E-state index contributed by atoms with van der Waals surface area (Å²) >= 11 is 6.19. The molecular formula is C24H16ClNO4. The summed E-state index contributed by atoms with van der Waals surface area (Å²) in [6.07, 6.45) is 0. The van der Waals surface area contributed by atoms with Crippen LogP contribution in [0.25, 0.3) is 22.7 Å². The van der Waals surface area contributed by atoms with Crippen LogP contribution < -0.4 is 10.4 Å². The maximum atomic E-state index is 12.3. The first-order valence-electron chi connectivity index (χ1n) is 9.16. The Kier molecular flexibility index (Phi) is 5.46. The molecule has 0 N–H and O–H groups in total. The van der Waals surface area contributed by atoms with E-state index in [1.54, 1.807) is 60.7 Å². The molecule has 30 heavy (non-hydrogen) atoms. The van der Waals surface area contributed by atoms with Crippen LogP contribution in [0.1, 0.15) is 15.9 Å². The Labute approximate surface area is 177 Å². The van der Waals surface area contributed by atoms with Gasteiger partial charge in [0.25, 0.3) is 0 Å². The van der Waals surface area contributed by atoms with Crippen molar-refractivity contribution >= 4 is 17.6 Å². The van der Waals surface area contributed by atoms with Gasteiger partial charge in [-0.25, -0.2) is 14.6 Å². The summed E-state index contributed by atoms with van der Waals surface area (Å²) in [7, 11) is 0. The van der Waals surface area contributed by atoms with Gasteiger partial charge in [-0.15, -0.1) is 0 Å². The molecule has 0 fully saturated rings. The number of esters is 1. The first kappa shape index (κ1) is 19.6. The normalized spacial score (nSPS) is 10.6. The summed E-state index contributed by atoms with van der Waals surface area (Å²) in [5, 5.41) is 0.434. The van der Waals surface area contributed by atoms with Crippen molar-refractivity contribution in [3.05, 3.63) is 105 Å². The lowest BCUT2D eigenvalue weighted by Crippen LogP contribution is -2.08. The first-order chi connectivity index (χ1) is 14.5. The third-order valence-electron chi connectivity index (χ3n) is 4.43. The summed E-state index contributed by atoms with van der Waals surface area (Å²) in [6, 6.07) is 22.2. The molecule has 3 aromatic carbocycles. The molecule has 0 unspecified atom stereocenters. The zero-order valence-electron chi connectivity index (χ0n) is 16.0. The highest BCUT2D eigenvalue weighted by molar-refractivity contribution is 6.33. The molecule has 4 rings (SSSR count). The molecule has 1 heterocycles. The molecule has 6 heteroatoms. The highest BCUT2D eigenvalue weighted by Crippen LogP contribution is 2.27. The number of nitrogens with zero attached hydrogens (tertiary/aromatic N) is 1. The van der Waals surface area contributed by atoms with Crippen molar-refractivity contribution < 1.29 is 13.9 Å². The number of ether oxygens (including phenoxy) is 1. The topological polar surface area (TPSA) is 69.4 Å². The molecule has 0 radical (unpaired) electrons. The van der Waals surface area contributed by atoms with Gasteiger partial charge in [0.15, 0.2) is 0 Å². The number of halogens is 1. The maximum absolute atomic E-state index is 12.3. The quantitative estimate of drug-likeness (QED) is 0.321. The molecule has 0 spiro atoms. The van der Waals surface area contributed by atoms with Crippen molar-refractivity contribution in [2.75, 3.05) is 0 Å². The van der Waals surface area contributed by atoms with Crippen LogP contribution >= 0.6 is 11.6 Å². The van der Waals surface area contributed by atoms with Gasteiger partial charge in [-0.05, 0) is 55.5 Å². The average Bonchev–Trinajstić information content (AvgIpc) is 2.74. The van der Waals surface area contributed by atoms with E-state index >= 15 is 0 Å². The second-order valence-corrected chi connectivity index (χ2v) is 7.03. The minimum atomic E-state index is -0.537. The number of aromatic nitrogens is 1. The number of hydrogen-bond donors (Lipinski definition) is 0. The maximum Gasteiger partial charge on any atom is 0.343 e. The van der Waals surface area contributed by atoms with E-state index in [4.69, 9.17) is 20.8 Å². The minimum Gasteiger partial charge on any atom is -0.423 e. The molecule has 0 bridgehead atoms. The number of carbonyl (C=O) groups excluding carboxylic acids is 1. The summed E-state index contributed by atoms with van der Waals surface area (Å²) in [5.41, 5.74) is 2.62. The van der Waals surface area contributed by atoms with E-state index in [2.05, 4.69) is 4.98 Å². The van der Waals surface area contributed by atoms with Crippen LogP contribution in [0, 0.1) is 6.92 Å². The lowest BCUT2D eigenvalue weighted by Gasteiger charge is -2.07. The highest BCUT2D eigenvalue weighted by atomic mass is 35.5. The molecule has 5 nitrogen and oxygen atoms in total. The number of aryl methyl sites for hydroxylation is 1. The van der Waals surface area contributed by atoms with E-state index in [1.807, 2.05) is 19.1 Å². The summed E-state index contributed by atoms with van der Waals surface area (Å²) in [6.45, 7) is 1.95. The van der Waals surface area contributed by atoms with E-state index in [0.717, 1.165) is 5.56 Å². The molecule has 148 valence electrons. The van der Waals surface area contributed by atoms with Gasteiger partial charge in [-0.1, -0.05) is 41.4 Å². The van der Waals surface area contributed by atoms with E-state index in [0.29, 0.717) is 33.2 Å². The predicted octanol–water partition coefficient (Wildman–Crippen LogP) is 5.55. The second-order valence-electron chi connectivity index (χ2n) is 6.63. The fraction of sp³-hybridized carbons (Fsp3) is 0.0417. The lowest BCUT2D eigenvalue weighted by molar-refractivity contribution is 0.0735. The van der Waals surface area contributed by atoms with Crippen LogP contribution in [-0.4, -0.2) is 11.0 Å². The van der Waals surface area contributed by atoms with Gasteiger partial charge in [0.05, 0.1) is 27.9 Å². The molecule has 4 aromatic rings. The first-order valence-corrected chi connectivity index (χ1v) is 9.54. The van der Waals surface area contributed by atoms with Crippen LogP contribution in [0.4, 0.5) is 0 Å². The van der Waals surface area contributed by atoms with Gasteiger partial charge in [-0.2, -0.15) is 0 Å². The van der Waals surface area contributed by atoms with Gasteiger partial charge in [0.2, 0.25) is 5.89 Å². The Hall–Kier alpha value is -3.70. The molecule has 0 atom stereocenters. The van der Waals surface area contributed by atoms with Gasteiger partial charge >= 0.3 is 11.6 Å². The van der Waals surface area contributed by atoms with E-state index in [1.165, 1.54) is 6.07 Å². The van der Waals surface area contributed by atoms with Gasteiger partial charge in [-0.3, -0.25) is 0 Å². The molecule has 0 aliphatic heterocycles. The molecule has 0 saturated heterocycles. The molecule has 0 aliphatic rings. The fourth-order valence-electron chi connectivity index (χ4n) is 2.85. The number of hydrogen-bond acceptors (Lipinski definition) is 5. The van der Waals surface area contributed by atoms with Gasteiger partial charge in [0, 0.05) is 5.56 Å². The largest absolute Gasteiger partial charge is 0.423 e. The minimum absolute atomic E-state index is 0.137. The zero-order valence-corrected chi connectivity index (χ0v) is 16.7. The molecule has 0 saturated carbocycles. The second kappa shape index (κ2) is 8.35. The number of benzene rings is 3. The standard InChI is InChI=1S/C24H16ClNO4/c1-15-6-8-17(9-7-15)24(28)29-18-12-10-16(11-13-18)21-14-22(27)30-23(26-21)19-4-2-3-5-20(19)25/h2-14H,1H3. The van der Waals surface area contributed by atoms with Crippen molar-refractivity contribution in [3.63, 3.8) is 0 Å². The van der Waals surface area contributed by atoms with Crippen molar-refractivity contribution in [3.8, 4) is 28.5 Å². The zero-order chi connectivity index (χ0) is 21.1. The highest BCUT2D eigenvalue weighted by Gasteiger charge is 2.12. The smallest absolute Gasteiger partial charge is 0.343 e. The van der Waals surface area contributed by atoms with Crippen LogP contribution in [0.5, 0.6) is 5.75 Å². The molecule has 0 amide bonds. The van der Waals surface area contributed by atoms with Crippen molar-refractivity contribution in [2.24, 2.45) is 0 Å². The SMILES string of the molecule is Cc1ccc(C(=O)Oc2ccc(-c3cc(=O)oc(-c4ccccc4Cl)n3)cc2)cc1.